The molecule has 1 amide bonds. The predicted octanol–water partition coefficient (Wildman–Crippen LogP) is 0.0359. The van der Waals surface area contributed by atoms with Crippen LogP contribution in [-0.4, -0.2) is 28.8 Å². The number of nitrogens with one attached hydrogen (secondary N) is 2. The standard InChI is InChI=1S/C11H18N4O/c1-15-10(4-7-14-15)8-13-11(16)9-2-5-12-6-3-9/h4,7,9,12H,2-3,5-6,8H2,1H3,(H,13,16). The molecule has 0 bridgehead atoms. The van der Waals surface area contributed by atoms with Crippen LogP contribution in [0, 0.1) is 5.92 Å². The van der Waals surface area contributed by atoms with Gasteiger partial charge in [-0.3, -0.25) is 9.48 Å². The zero-order valence-corrected chi connectivity index (χ0v) is 9.57. The second-order valence-corrected chi connectivity index (χ2v) is 4.19. The Morgan fingerprint density at radius 3 is 3.00 bits per heavy atom. The Morgan fingerprint density at radius 2 is 2.38 bits per heavy atom. The van der Waals surface area contributed by atoms with Gasteiger partial charge in [0.1, 0.15) is 0 Å². The second kappa shape index (κ2) is 5.12. The molecule has 2 N–H and O–H groups in total. The molecule has 2 rings (SSSR count). The lowest BCUT2D eigenvalue weighted by Crippen LogP contribution is -2.38. The summed E-state index contributed by atoms with van der Waals surface area (Å²) in [6.07, 6.45) is 3.63. The minimum atomic E-state index is 0.169. The summed E-state index contributed by atoms with van der Waals surface area (Å²) >= 11 is 0. The van der Waals surface area contributed by atoms with Gasteiger partial charge >= 0.3 is 0 Å². The molecule has 0 unspecified atom stereocenters. The second-order valence-electron chi connectivity index (χ2n) is 4.19. The Hall–Kier alpha value is -1.36. The average Bonchev–Trinajstić information content (AvgIpc) is 2.73. The van der Waals surface area contributed by atoms with Crippen molar-refractivity contribution in [2.75, 3.05) is 13.1 Å². The van der Waals surface area contributed by atoms with Crippen molar-refractivity contribution in [1.29, 1.82) is 0 Å². The zero-order chi connectivity index (χ0) is 11.4. The van der Waals surface area contributed by atoms with Gasteiger partial charge in [0.25, 0.3) is 0 Å². The van der Waals surface area contributed by atoms with E-state index >= 15 is 0 Å². The van der Waals surface area contributed by atoms with Gasteiger partial charge in [-0.15, -0.1) is 0 Å². The first-order valence-electron chi connectivity index (χ1n) is 5.72. The third-order valence-electron chi connectivity index (χ3n) is 3.08. The van der Waals surface area contributed by atoms with Crippen LogP contribution in [-0.2, 0) is 18.4 Å². The number of rotatable bonds is 3. The molecule has 1 aliphatic rings. The van der Waals surface area contributed by atoms with E-state index in [0.717, 1.165) is 31.6 Å². The van der Waals surface area contributed by atoms with Crippen LogP contribution < -0.4 is 10.6 Å². The fourth-order valence-electron chi connectivity index (χ4n) is 1.98. The van der Waals surface area contributed by atoms with Crippen LogP contribution in [0.15, 0.2) is 12.3 Å². The molecular weight excluding hydrogens is 204 g/mol. The molecular formula is C11H18N4O. The summed E-state index contributed by atoms with van der Waals surface area (Å²) in [7, 11) is 1.88. The van der Waals surface area contributed by atoms with Gasteiger partial charge in [-0.1, -0.05) is 0 Å². The predicted molar refractivity (Wildman–Crippen MR) is 60.6 cm³/mol. The zero-order valence-electron chi connectivity index (χ0n) is 9.57. The highest BCUT2D eigenvalue weighted by Crippen LogP contribution is 2.11. The summed E-state index contributed by atoms with van der Waals surface area (Å²) in [6, 6.07) is 1.92. The van der Waals surface area contributed by atoms with Gasteiger partial charge in [0, 0.05) is 19.2 Å². The Kier molecular flexibility index (Phi) is 3.56. The van der Waals surface area contributed by atoms with Crippen molar-refractivity contribution in [2.45, 2.75) is 19.4 Å². The molecule has 2 heterocycles. The molecule has 5 heteroatoms. The number of hydrogen-bond acceptors (Lipinski definition) is 3. The van der Waals surface area contributed by atoms with Gasteiger partial charge in [0.15, 0.2) is 0 Å². The van der Waals surface area contributed by atoms with Crippen LogP contribution in [0.25, 0.3) is 0 Å². The lowest BCUT2D eigenvalue weighted by molar-refractivity contribution is -0.125. The Morgan fingerprint density at radius 1 is 1.62 bits per heavy atom. The van der Waals surface area contributed by atoms with E-state index in [2.05, 4.69) is 15.7 Å². The molecule has 1 aromatic rings. The summed E-state index contributed by atoms with van der Waals surface area (Å²) in [5, 5.41) is 10.3. The van der Waals surface area contributed by atoms with Crippen molar-refractivity contribution in [2.24, 2.45) is 13.0 Å². The number of aryl methyl sites for hydroxylation is 1. The van der Waals surface area contributed by atoms with E-state index in [1.54, 1.807) is 10.9 Å². The van der Waals surface area contributed by atoms with Gasteiger partial charge in [0.05, 0.1) is 12.2 Å². The topological polar surface area (TPSA) is 59.0 Å². The van der Waals surface area contributed by atoms with Crippen molar-refractivity contribution in [3.05, 3.63) is 18.0 Å². The number of piperidine rings is 1. The average molecular weight is 222 g/mol. The molecule has 0 aromatic carbocycles. The van der Waals surface area contributed by atoms with Crippen LogP contribution in [0.1, 0.15) is 18.5 Å². The van der Waals surface area contributed by atoms with E-state index in [4.69, 9.17) is 0 Å². The van der Waals surface area contributed by atoms with Crippen molar-refractivity contribution in [1.82, 2.24) is 20.4 Å². The van der Waals surface area contributed by atoms with E-state index in [-0.39, 0.29) is 11.8 Å². The first-order chi connectivity index (χ1) is 7.77. The van der Waals surface area contributed by atoms with Crippen molar-refractivity contribution >= 4 is 5.91 Å². The normalized spacial score (nSPS) is 17.3. The van der Waals surface area contributed by atoms with Gasteiger partial charge < -0.3 is 10.6 Å². The van der Waals surface area contributed by atoms with Gasteiger partial charge in [-0.2, -0.15) is 5.10 Å². The molecule has 1 aromatic heterocycles. The first-order valence-corrected chi connectivity index (χ1v) is 5.72. The maximum Gasteiger partial charge on any atom is 0.223 e. The minimum absolute atomic E-state index is 0.169. The van der Waals surface area contributed by atoms with Crippen molar-refractivity contribution in [3.63, 3.8) is 0 Å². The number of hydrogen-bond donors (Lipinski definition) is 2. The summed E-state index contributed by atoms with van der Waals surface area (Å²) in [5.74, 6) is 0.345. The number of carbonyl (C=O) groups excluding carboxylic acids is 1. The maximum absolute atomic E-state index is 11.8. The highest BCUT2D eigenvalue weighted by Gasteiger charge is 2.20. The third kappa shape index (κ3) is 2.61. The fourth-order valence-corrected chi connectivity index (χ4v) is 1.98. The smallest absolute Gasteiger partial charge is 0.223 e. The molecule has 0 spiro atoms. The van der Waals surface area contributed by atoms with Crippen LogP contribution in [0.3, 0.4) is 0 Å². The minimum Gasteiger partial charge on any atom is -0.350 e. The summed E-state index contributed by atoms with van der Waals surface area (Å²) in [6.45, 7) is 2.47. The third-order valence-corrected chi connectivity index (χ3v) is 3.08. The molecule has 5 nitrogen and oxygen atoms in total. The van der Waals surface area contributed by atoms with E-state index in [0.29, 0.717) is 6.54 Å². The van der Waals surface area contributed by atoms with Crippen molar-refractivity contribution in [3.8, 4) is 0 Å². The number of amides is 1. The number of aromatic nitrogens is 2. The first kappa shape index (κ1) is 11.1. The SMILES string of the molecule is Cn1nccc1CNC(=O)C1CCNCC1. The molecule has 16 heavy (non-hydrogen) atoms. The molecule has 0 atom stereocenters. The van der Waals surface area contributed by atoms with Gasteiger partial charge in [-0.05, 0) is 32.0 Å². The quantitative estimate of drug-likeness (QED) is 0.759. The Balaban J connectivity index is 1.81. The number of nitrogens with zero attached hydrogens (tertiary/aromatic N) is 2. The maximum atomic E-state index is 11.8. The van der Waals surface area contributed by atoms with Crippen LogP contribution in [0.4, 0.5) is 0 Å². The van der Waals surface area contributed by atoms with E-state index < -0.39 is 0 Å². The molecule has 1 saturated heterocycles. The van der Waals surface area contributed by atoms with Crippen molar-refractivity contribution < 1.29 is 4.79 Å². The largest absolute Gasteiger partial charge is 0.350 e. The van der Waals surface area contributed by atoms with E-state index in [1.165, 1.54) is 0 Å². The lowest BCUT2D eigenvalue weighted by atomic mass is 9.97. The molecule has 0 saturated carbocycles. The van der Waals surface area contributed by atoms with Crippen LogP contribution >= 0.6 is 0 Å². The van der Waals surface area contributed by atoms with E-state index in [9.17, 15) is 4.79 Å². The van der Waals surface area contributed by atoms with Crippen LogP contribution in [0.2, 0.25) is 0 Å². The Labute approximate surface area is 95.2 Å². The fraction of sp³-hybridized carbons (Fsp3) is 0.636. The number of carbonyl (C=O) groups is 1. The lowest BCUT2D eigenvalue weighted by Gasteiger charge is -2.21. The monoisotopic (exact) mass is 222 g/mol. The highest BCUT2D eigenvalue weighted by atomic mass is 16.1. The molecule has 0 radical (unpaired) electrons. The van der Waals surface area contributed by atoms with Gasteiger partial charge in [0.2, 0.25) is 5.91 Å². The van der Waals surface area contributed by atoms with E-state index in [1.807, 2.05) is 13.1 Å². The summed E-state index contributed by atoms with van der Waals surface area (Å²) in [4.78, 5) is 11.8. The molecule has 0 aliphatic carbocycles. The summed E-state index contributed by atoms with van der Waals surface area (Å²) < 4.78 is 1.78. The molecule has 1 fully saturated rings. The summed E-state index contributed by atoms with van der Waals surface area (Å²) in [5.41, 5.74) is 1.03. The Bertz CT molecular complexity index is 355. The molecule has 88 valence electrons. The van der Waals surface area contributed by atoms with Gasteiger partial charge in [-0.25, -0.2) is 0 Å². The molecule has 1 aliphatic heterocycles. The van der Waals surface area contributed by atoms with Crippen LogP contribution in [0.5, 0.6) is 0 Å². The highest BCUT2D eigenvalue weighted by molar-refractivity contribution is 5.78.